The predicted molar refractivity (Wildman–Crippen MR) is 95.9 cm³/mol. The fourth-order valence-electron chi connectivity index (χ4n) is 3.62. The second-order valence-electron chi connectivity index (χ2n) is 7.20. The first-order valence-electron chi connectivity index (χ1n) is 9.34. The molecule has 2 rings (SSSR count). The van der Waals surface area contributed by atoms with Crippen LogP contribution in [0.1, 0.15) is 68.3 Å². The normalized spacial score (nSPS) is 16.9. The van der Waals surface area contributed by atoms with E-state index in [1.807, 2.05) is 18.5 Å². The minimum atomic E-state index is -0.736. The zero-order chi connectivity index (χ0) is 18.3. The van der Waals surface area contributed by atoms with E-state index in [-0.39, 0.29) is 5.91 Å². The van der Waals surface area contributed by atoms with Crippen LogP contribution in [0, 0.1) is 25.2 Å². The summed E-state index contributed by atoms with van der Waals surface area (Å²) in [6.07, 6.45) is 7.42. The largest absolute Gasteiger partial charge is 0.388 e. The second-order valence-corrected chi connectivity index (χ2v) is 7.20. The molecule has 1 fully saturated rings. The molecule has 0 aromatic carbocycles. The lowest BCUT2D eigenvalue weighted by Gasteiger charge is -2.26. The number of aromatic nitrogens is 2. The summed E-state index contributed by atoms with van der Waals surface area (Å²) < 4.78 is 1.85. The van der Waals surface area contributed by atoms with Gasteiger partial charge in [-0.1, -0.05) is 25.7 Å². The third-order valence-corrected chi connectivity index (χ3v) is 5.22. The van der Waals surface area contributed by atoms with Crippen LogP contribution in [0.5, 0.6) is 0 Å². The molecule has 25 heavy (non-hydrogen) atoms. The first-order chi connectivity index (χ1) is 11.9. The minimum absolute atomic E-state index is 0.0266. The Labute approximate surface area is 150 Å². The molecule has 1 heterocycles. The van der Waals surface area contributed by atoms with E-state index in [9.17, 15) is 9.90 Å². The molecule has 0 spiro atoms. The molecular weight excluding hydrogens is 316 g/mol. The Kier molecular flexibility index (Phi) is 7.01. The number of aliphatic hydroxyl groups is 1. The fraction of sp³-hybridized carbons (Fsp3) is 0.737. The molecule has 1 aliphatic carbocycles. The van der Waals surface area contributed by atoms with Crippen LogP contribution in [0.2, 0.25) is 0 Å². The maximum atomic E-state index is 12.2. The van der Waals surface area contributed by atoms with Crippen molar-refractivity contribution in [3.05, 3.63) is 17.0 Å². The van der Waals surface area contributed by atoms with Crippen LogP contribution in [0.15, 0.2) is 0 Å². The number of carbonyl (C=O) groups is 1. The number of carbonyl (C=O) groups excluding carboxylic acids is 1. The summed E-state index contributed by atoms with van der Waals surface area (Å²) in [5.74, 6) is -0.0266. The summed E-state index contributed by atoms with van der Waals surface area (Å²) in [4.78, 5) is 12.2. The molecule has 1 amide bonds. The van der Waals surface area contributed by atoms with Gasteiger partial charge in [0.2, 0.25) is 5.91 Å². The van der Waals surface area contributed by atoms with Gasteiger partial charge >= 0.3 is 0 Å². The molecule has 6 nitrogen and oxygen atoms in total. The van der Waals surface area contributed by atoms with Crippen LogP contribution < -0.4 is 5.32 Å². The number of rotatable bonds is 7. The number of nitriles is 1. The van der Waals surface area contributed by atoms with Crippen LogP contribution in [0.4, 0.5) is 0 Å². The van der Waals surface area contributed by atoms with Crippen molar-refractivity contribution in [2.45, 2.75) is 83.8 Å². The van der Waals surface area contributed by atoms with Crippen LogP contribution in [0.3, 0.4) is 0 Å². The highest BCUT2D eigenvalue weighted by atomic mass is 16.3. The summed E-state index contributed by atoms with van der Waals surface area (Å²) in [6.45, 7) is 4.86. The summed E-state index contributed by atoms with van der Waals surface area (Å²) in [5, 5.41) is 26.7. The van der Waals surface area contributed by atoms with Crippen molar-refractivity contribution in [1.29, 1.82) is 5.26 Å². The Balaban J connectivity index is 1.83. The Morgan fingerprint density at radius 2 is 2.00 bits per heavy atom. The fourth-order valence-corrected chi connectivity index (χ4v) is 3.62. The van der Waals surface area contributed by atoms with Gasteiger partial charge in [0, 0.05) is 18.7 Å². The van der Waals surface area contributed by atoms with E-state index in [2.05, 4.69) is 16.5 Å². The second kappa shape index (κ2) is 9.00. The number of hydrogen-bond donors (Lipinski definition) is 2. The topological polar surface area (TPSA) is 90.9 Å². The Hall–Kier alpha value is -1.87. The monoisotopic (exact) mass is 346 g/mol. The molecule has 0 saturated heterocycles. The first-order valence-corrected chi connectivity index (χ1v) is 9.34. The zero-order valence-electron chi connectivity index (χ0n) is 15.5. The smallest absolute Gasteiger partial charge is 0.220 e. The molecule has 1 aliphatic rings. The highest BCUT2D eigenvalue weighted by Crippen LogP contribution is 2.26. The quantitative estimate of drug-likeness (QED) is 0.742. The van der Waals surface area contributed by atoms with Gasteiger partial charge in [-0.25, -0.2) is 0 Å². The molecule has 138 valence electrons. The van der Waals surface area contributed by atoms with Gasteiger partial charge < -0.3 is 10.4 Å². The predicted octanol–water partition coefficient (Wildman–Crippen LogP) is 2.55. The highest BCUT2D eigenvalue weighted by Gasteiger charge is 2.28. The number of nitrogens with one attached hydrogen (secondary N) is 1. The van der Waals surface area contributed by atoms with Crippen molar-refractivity contribution in [2.24, 2.45) is 0 Å². The number of hydrogen-bond acceptors (Lipinski definition) is 4. The lowest BCUT2D eigenvalue weighted by molar-refractivity contribution is -0.122. The van der Waals surface area contributed by atoms with Gasteiger partial charge in [-0.2, -0.15) is 10.4 Å². The summed E-state index contributed by atoms with van der Waals surface area (Å²) in [5.41, 5.74) is 2.30. The molecule has 6 heteroatoms. The van der Waals surface area contributed by atoms with Gasteiger partial charge in [0.25, 0.3) is 0 Å². The maximum absolute atomic E-state index is 12.2. The van der Waals surface area contributed by atoms with Gasteiger partial charge in [-0.05, 0) is 38.7 Å². The number of aryl methyl sites for hydroxylation is 2. The standard InChI is InChI=1S/C19H30N4O2/c1-15-17(16(2)23(22-15)13-7-12-20)8-9-18(24)21-14-19(25)10-5-3-4-6-11-19/h25H,3-11,13-14H2,1-2H3,(H,21,24). The number of amides is 1. The molecule has 1 aromatic rings. The summed E-state index contributed by atoms with van der Waals surface area (Å²) >= 11 is 0. The van der Waals surface area contributed by atoms with Crippen LogP contribution >= 0.6 is 0 Å². The van der Waals surface area contributed by atoms with Crippen LogP contribution in [-0.2, 0) is 17.8 Å². The van der Waals surface area contributed by atoms with Crippen molar-refractivity contribution < 1.29 is 9.90 Å². The Morgan fingerprint density at radius 1 is 1.32 bits per heavy atom. The molecule has 0 aliphatic heterocycles. The van der Waals surface area contributed by atoms with Crippen LogP contribution in [-0.4, -0.2) is 32.9 Å². The van der Waals surface area contributed by atoms with Gasteiger partial charge in [0.1, 0.15) is 0 Å². The van der Waals surface area contributed by atoms with Crippen LogP contribution in [0.25, 0.3) is 0 Å². The van der Waals surface area contributed by atoms with Crippen molar-refractivity contribution in [2.75, 3.05) is 6.54 Å². The SMILES string of the molecule is Cc1nn(CCC#N)c(C)c1CCC(=O)NCC1(O)CCCCCC1. The van der Waals surface area contributed by atoms with Crippen molar-refractivity contribution in [3.8, 4) is 6.07 Å². The van der Waals surface area contributed by atoms with E-state index in [0.29, 0.717) is 32.4 Å². The van der Waals surface area contributed by atoms with Gasteiger partial charge in [-0.15, -0.1) is 0 Å². The average molecular weight is 346 g/mol. The molecule has 0 atom stereocenters. The molecule has 0 radical (unpaired) electrons. The lowest BCUT2D eigenvalue weighted by atomic mass is 9.94. The zero-order valence-corrected chi connectivity index (χ0v) is 15.5. The van der Waals surface area contributed by atoms with Crippen molar-refractivity contribution in [1.82, 2.24) is 15.1 Å². The van der Waals surface area contributed by atoms with Gasteiger partial charge in [0.05, 0.1) is 30.3 Å². The van der Waals surface area contributed by atoms with E-state index >= 15 is 0 Å². The van der Waals surface area contributed by atoms with E-state index in [1.54, 1.807) is 0 Å². The molecule has 1 saturated carbocycles. The van der Waals surface area contributed by atoms with E-state index in [0.717, 1.165) is 42.6 Å². The summed E-state index contributed by atoms with van der Waals surface area (Å²) in [6, 6.07) is 2.13. The highest BCUT2D eigenvalue weighted by molar-refractivity contribution is 5.76. The van der Waals surface area contributed by atoms with Crippen molar-refractivity contribution >= 4 is 5.91 Å². The number of nitrogens with zero attached hydrogens (tertiary/aromatic N) is 3. The molecule has 2 N–H and O–H groups in total. The van der Waals surface area contributed by atoms with Gasteiger partial charge in [0.15, 0.2) is 0 Å². The summed E-state index contributed by atoms with van der Waals surface area (Å²) in [7, 11) is 0. The molecular formula is C19H30N4O2. The Morgan fingerprint density at radius 3 is 2.64 bits per heavy atom. The van der Waals surface area contributed by atoms with E-state index in [1.165, 1.54) is 12.8 Å². The molecule has 0 bridgehead atoms. The third-order valence-electron chi connectivity index (χ3n) is 5.22. The molecule has 1 aromatic heterocycles. The van der Waals surface area contributed by atoms with E-state index < -0.39 is 5.60 Å². The maximum Gasteiger partial charge on any atom is 0.220 e. The third kappa shape index (κ3) is 5.57. The van der Waals surface area contributed by atoms with Crippen molar-refractivity contribution in [3.63, 3.8) is 0 Å². The van der Waals surface area contributed by atoms with Gasteiger partial charge in [-0.3, -0.25) is 9.48 Å². The Bertz CT molecular complexity index is 622. The minimum Gasteiger partial charge on any atom is -0.388 e. The average Bonchev–Trinajstić information content (AvgIpc) is 2.75. The van der Waals surface area contributed by atoms with E-state index in [4.69, 9.17) is 5.26 Å². The molecule has 0 unspecified atom stereocenters. The first kappa shape index (κ1) is 19.5. The lowest BCUT2D eigenvalue weighted by Crippen LogP contribution is -2.42.